The molecule has 0 atom stereocenters. The minimum atomic E-state index is -0.0614. The molecule has 0 N–H and O–H groups in total. The summed E-state index contributed by atoms with van der Waals surface area (Å²) in [6.07, 6.45) is 3.28. The minimum absolute atomic E-state index is 0.0614. The van der Waals surface area contributed by atoms with Crippen molar-refractivity contribution < 1.29 is 14.3 Å². The van der Waals surface area contributed by atoms with Crippen molar-refractivity contribution in [2.75, 3.05) is 14.2 Å². The van der Waals surface area contributed by atoms with E-state index in [1.807, 2.05) is 60.7 Å². The molecule has 0 saturated heterocycles. The van der Waals surface area contributed by atoms with Crippen LogP contribution >= 0.6 is 0 Å². The first-order valence-corrected chi connectivity index (χ1v) is 7.65. The van der Waals surface area contributed by atoms with Crippen LogP contribution in [-0.2, 0) is 0 Å². The maximum Gasteiger partial charge on any atom is 0.185 e. The summed E-state index contributed by atoms with van der Waals surface area (Å²) < 4.78 is 10.7. The van der Waals surface area contributed by atoms with Crippen molar-refractivity contribution in [1.82, 2.24) is 0 Å². The molecule has 0 aromatic heterocycles. The maximum atomic E-state index is 12.5. The van der Waals surface area contributed by atoms with Crippen molar-refractivity contribution in [3.05, 3.63) is 77.9 Å². The van der Waals surface area contributed by atoms with E-state index in [-0.39, 0.29) is 5.78 Å². The van der Waals surface area contributed by atoms with Crippen LogP contribution in [0, 0.1) is 0 Å². The number of allylic oxidation sites excluding steroid dienone is 1. The monoisotopic (exact) mass is 318 g/mol. The SMILES string of the molecule is COc1cccc(OC)c1/C=C/C(=O)c1ccc2ccccc2c1. The average molecular weight is 318 g/mol. The summed E-state index contributed by atoms with van der Waals surface area (Å²) in [6, 6.07) is 19.2. The molecule has 3 aromatic carbocycles. The number of ether oxygens (including phenoxy) is 2. The molecule has 0 radical (unpaired) electrons. The highest BCUT2D eigenvalue weighted by molar-refractivity contribution is 6.09. The van der Waals surface area contributed by atoms with Crippen molar-refractivity contribution in [3.8, 4) is 11.5 Å². The van der Waals surface area contributed by atoms with Gasteiger partial charge in [-0.2, -0.15) is 0 Å². The second-order valence-electron chi connectivity index (χ2n) is 5.34. The molecule has 24 heavy (non-hydrogen) atoms. The van der Waals surface area contributed by atoms with Crippen molar-refractivity contribution in [2.45, 2.75) is 0 Å². The zero-order chi connectivity index (χ0) is 16.9. The maximum absolute atomic E-state index is 12.5. The van der Waals surface area contributed by atoms with E-state index >= 15 is 0 Å². The lowest BCUT2D eigenvalue weighted by atomic mass is 10.0. The zero-order valence-corrected chi connectivity index (χ0v) is 13.7. The Morgan fingerprint density at radius 2 is 1.50 bits per heavy atom. The van der Waals surface area contributed by atoms with Crippen molar-refractivity contribution in [2.24, 2.45) is 0 Å². The molecule has 3 heteroatoms. The first-order valence-electron chi connectivity index (χ1n) is 7.65. The van der Waals surface area contributed by atoms with Gasteiger partial charge in [-0.15, -0.1) is 0 Å². The molecule has 0 aliphatic carbocycles. The molecule has 0 bridgehead atoms. The van der Waals surface area contributed by atoms with E-state index in [4.69, 9.17) is 9.47 Å². The first kappa shape index (κ1) is 15.8. The van der Waals surface area contributed by atoms with E-state index in [1.165, 1.54) is 0 Å². The van der Waals surface area contributed by atoms with Gasteiger partial charge in [0.05, 0.1) is 19.8 Å². The van der Waals surface area contributed by atoms with Crippen LogP contribution in [-0.4, -0.2) is 20.0 Å². The Balaban J connectivity index is 1.92. The van der Waals surface area contributed by atoms with Gasteiger partial charge in [0.25, 0.3) is 0 Å². The Bertz CT molecular complexity index is 888. The van der Waals surface area contributed by atoms with Gasteiger partial charge in [-0.25, -0.2) is 0 Å². The van der Waals surface area contributed by atoms with Crippen molar-refractivity contribution >= 4 is 22.6 Å². The fourth-order valence-corrected chi connectivity index (χ4v) is 2.64. The average Bonchev–Trinajstić information content (AvgIpc) is 2.65. The van der Waals surface area contributed by atoms with Crippen LogP contribution in [0.5, 0.6) is 11.5 Å². The van der Waals surface area contributed by atoms with E-state index in [1.54, 1.807) is 26.4 Å². The third kappa shape index (κ3) is 3.15. The molecule has 0 aliphatic heterocycles. The van der Waals surface area contributed by atoms with Gasteiger partial charge in [0.2, 0.25) is 0 Å². The topological polar surface area (TPSA) is 35.5 Å². The fourth-order valence-electron chi connectivity index (χ4n) is 2.64. The van der Waals surface area contributed by atoms with Gasteiger partial charge in [-0.05, 0) is 41.1 Å². The van der Waals surface area contributed by atoms with Gasteiger partial charge < -0.3 is 9.47 Å². The lowest BCUT2D eigenvalue weighted by Gasteiger charge is -2.09. The number of benzene rings is 3. The number of hydrogen-bond acceptors (Lipinski definition) is 3. The van der Waals surface area contributed by atoms with E-state index < -0.39 is 0 Å². The molecule has 0 unspecified atom stereocenters. The van der Waals surface area contributed by atoms with E-state index in [2.05, 4.69) is 0 Å². The van der Waals surface area contributed by atoms with Gasteiger partial charge >= 0.3 is 0 Å². The highest BCUT2D eigenvalue weighted by Crippen LogP contribution is 2.29. The third-order valence-corrected chi connectivity index (χ3v) is 3.90. The van der Waals surface area contributed by atoms with Crippen LogP contribution < -0.4 is 9.47 Å². The van der Waals surface area contributed by atoms with Crippen LogP contribution in [0.2, 0.25) is 0 Å². The van der Waals surface area contributed by atoms with Crippen LogP contribution in [0.1, 0.15) is 15.9 Å². The molecule has 3 nitrogen and oxygen atoms in total. The lowest BCUT2D eigenvalue weighted by molar-refractivity contribution is 0.104. The van der Waals surface area contributed by atoms with Gasteiger partial charge in [-0.3, -0.25) is 4.79 Å². The summed E-state index contributed by atoms with van der Waals surface area (Å²) >= 11 is 0. The number of methoxy groups -OCH3 is 2. The predicted octanol–water partition coefficient (Wildman–Crippen LogP) is 4.75. The third-order valence-electron chi connectivity index (χ3n) is 3.90. The highest BCUT2D eigenvalue weighted by Gasteiger charge is 2.08. The molecule has 3 rings (SSSR count). The number of carbonyl (C=O) groups is 1. The van der Waals surface area contributed by atoms with E-state index in [9.17, 15) is 4.79 Å². The van der Waals surface area contributed by atoms with E-state index in [0.717, 1.165) is 16.3 Å². The predicted molar refractivity (Wildman–Crippen MR) is 96.9 cm³/mol. The number of carbonyl (C=O) groups excluding carboxylic acids is 1. The Labute approximate surface area is 141 Å². The van der Waals surface area contributed by atoms with Gasteiger partial charge in [-0.1, -0.05) is 42.5 Å². The van der Waals surface area contributed by atoms with E-state index in [0.29, 0.717) is 17.1 Å². The fraction of sp³-hybridized carbons (Fsp3) is 0.0952. The molecule has 120 valence electrons. The second-order valence-corrected chi connectivity index (χ2v) is 5.34. The molecular formula is C21H18O3. The smallest absolute Gasteiger partial charge is 0.185 e. The Morgan fingerprint density at radius 3 is 2.17 bits per heavy atom. The van der Waals surface area contributed by atoms with Gasteiger partial charge in [0.1, 0.15) is 11.5 Å². The standard InChI is InChI=1S/C21H18O3/c1-23-20-8-5-9-21(24-2)18(20)12-13-19(22)17-11-10-15-6-3-4-7-16(15)14-17/h3-14H,1-2H3/b13-12+. The Morgan fingerprint density at radius 1 is 0.833 bits per heavy atom. The van der Waals surface area contributed by atoms with Crippen LogP contribution in [0.4, 0.5) is 0 Å². The molecule has 0 aliphatic rings. The minimum Gasteiger partial charge on any atom is -0.496 e. The number of ketones is 1. The highest BCUT2D eigenvalue weighted by atomic mass is 16.5. The summed E-state index contributed by atoms with van der Waals surface area (Å²) in [5.74, 6) is 1.27. The molecule has 0 heterocycles. The quantitative estimate of drug-likeness (QED) is 0.503. The summed E-state index contributed by atoms with van der Waals surface area (Å²) in [6.45, 7) is 0. The number of hydrogen-bond donors (Lipinski definition) is 0. The van der Waals surface area contributed by atoms with Gasteiger partial charge in [0.15, 0.2) is 5.78 Å². The normalized spacial score (nSPS) is 10.9. The Kier molecular flexibility index (Phi) is 4.62. The van der Waals surface area contributed by atoms with Crippen LogP contribution in [0.3, 0.4) is 0 Å². The Hall–Kier alpha value is -3.07. The molecule has 0 fully saturated rings. The van der Waals surface area contributed by atoms with Crippen molar-refractivity contribution in [3.63, 3.8) is 0 Å². The summed E-state index contributed by atoms with van der Waals surface area (Å²) in [7, 11) is 3.19. The zero-order valence-electron chi connectivity index (χ0n) is 13.7. The number of fused-ring (bicyclic) bond motifs is 1. The summed E-state index contributed by atoms with van der Waals surface area (Å²) in [5.41, 5.74) is 1.40. The molecule has 0 amide bonds. The summed E-state index contributed by atoms with van der Waals surface area (Å²) in [5, 5.41) is 2.16. The molecular weight excluding hydrogens is 300 g/mol. The largest absolute Gasteiger partial charge is 0.496 e. The molecule has 0 spiro atoms. The summed E-state index contributed by atoms with van der Waals surface area (Å²) in [4.78, 5) is 12.5. The van der Waals surface area contributed by atoms with Crippen LogP contribution in [0.25, 0.3) is 16.8 Å². The van der Waals surface area contributed by atoms with Crippen molar-refractivity contribution in [1.29, 1.82) is 0 Å². The van der Waals surface area contributed by atoms with Gasteiger partial charge in [0, 0.05) is 5.56 Å². The number of rotatable bonds is 5. The lowest BCUT2D eigenvalue weighted by Crippen LogP contribution is -1.96. The second kappa shape index (κ2) is 7.01. The molecule has 3 aromatic rings. The van der Waals surface area contributed by atoms with Crippen LogP contribution in [0.15, 0.2) is 66.7 Å². The molecule has 0 saturated carbocycles. The first-order chi connectivity index (χ1) is 11.7.